The van der Waals surface area contributed by atoms with Crippen molar-refractivity contribution in [2.75, 3.05) is 0 Å². The van der Waals surface area contributed by atoms with Gasteiger partial charge in [-0.05, 0) is 24.5 Å². The fraction of sp³-hybridized carbons (Fsp3) is 0.667. The Morgan fingerprint density at radius 2 is 1.45 bits per heavy atom. The van der Waals surface area contributed by atoms with Gasteiger partial charge in [-0.15, -0.1) is 8.20 Å². The molecule has 0 aliphatic carbocycles. The zero-order chi connectivity index (χ0) is 17.4. The van der Waals surface area contributed by atoms with E-state index in [-0.39, 0.29) is 9.82 Å². The average Bonchev–Trinajstić information content (AvgIpc) is 2.24. The van der Waals surface area contributed by atoms with Gasteiger partial charge >= 0.3 is 0 Å². The first-order valence-electron chi connectivity index (χ1n) is 8.21. The topological polar surface area (TPSA) is 12.9 Å². The molecular formula is C18H34NPSi2. The van der Waals surface area contributed by atoms with Gasteiger partial charge in [-0.3, -0.25) is 4.98 Å². The molecule has 0 spiro atoms. The SMILES string of the molecule is Cc1cccc(C(P=CC(C)(C)C)([Si](C)(C)C)[Si](C)(C)C)n1. The van der Waals surface area contributed by atoms with Gasteiger partial charge in [0.05, 0.1) is 16.1 Å². The monoisotopic (exact) mass is 351 g/mol. The van der Waals surface area contributed by atoms with Crippen molar-refractivity contribution in [3.8, 4) is 0 Å². The Balaban J connectivity index is 3.72. The number of rotatable bonds is 4. The Kier molecular flexibility index (Phi) is 5.70. The quantitative estimate of drug-likeness (QED) is 0.469. The smallest absolute Gasteiger partial charge is 0.0645 e. The van der Waals surface area contributed by atoms with Crippen LogP contribution in [0.25, 0.3) is 0 Å². The largest absolute Gasteiger partial charge is 0.258 e. The molecule has 0 N–H and O–H groups in total. The first kappa shape index (κ1) is 19.8. The van der Waals surface area contributed by atoms with E-state index < -0.39 is 16.1 Å². The minimum absolute atomic E-state index is 0.246. The summed E-state index contributed by atoms with van der Waals surface area (Å²) in [7, 11) is -1.49. The Bertz CT molecular complexity index is 531. The van der Waals surface area contributed by atoms with E-state index in [1.54, 1.807) is 0 Å². The van der Waals surface area contributed by atoms with Crippen molar-refractivity contribution < 1.29 is 0 Å². The minimum Gasteiger partial charge on any atom is -0.258 e. The van der Waals surface area contributed by atoms with E-state index in [4.69, 9.17) is 4.98 Å². The van der Waals surface area contributed by atoms with Gasteiger partial charge in [-0.25, -0.2) is 0 Å². The number of hydrogen-bond acceptors (Lipinski definition) is 1. The predicted octanol–water partition coefficient (Wildman–Crippen LogP) is 6.13. The highest BCUT2D eigenvalue weighted by molar-refractivity contribution is 7.50. The molecule has 0 bridgehead atoms. The molecule has 4 heteroatoms. The summed E-state index contributed by atoms with van der Waals surface area (Å²) in [6.07, 6.45) is 0. The van der Waals surface area contributed by atoms with Crippen LogP contribution in [0, 0.1) is 12.3 Å². The van der Waals surface area contributed by atoms with E-state index in [0.717, 1.165) is 5.69 Å². The molecule has 0 saturated heterocycles. The van der Waals surface area contributed by atoms with Gasteiger partial charge in [0.2, 0.25) is 0 Å². The second-order valence-corrected chi connectivity index (χ2v) is 22.5. The summed E-state index contributed by atoms with van der Waals surface area (Å²) in [6.45, 7) is 24.2. The van der Waals surface area contributed by atoms with Crippen molar-refractivity contribution in [2.24, 2.45) is 5.41 Å². The van der Waals surface area contributed by atoms with Crippen LogP contribution in [-0.4, -0.2) is 26.9 Å². The second-order valence-electron chi connectivity index (χ2n) is 9.50. The van der Waals surface area contributed by atoms with Crippen LogP contribution >= 0.6 is 8.20 Å². The van der Waals surface area contributed by atoms with Gasteiger partial charge in [0, 0.05) is 15.8 Å². The summed E-state index contributed by atoms with van der Waals surface area (Å²) in [5.74, 6) is 2.52. The minimum atomic E-state index is -1.48. The molecule has 0 unspecified atom stereocenters. The number of aryl methyl sites for hydroxylation is 1. The lowest BCUT2D eigenvalue weighted by Gasteiger charge is -2.49. The molecule has 1 nitrogen and oxygen atoms in total. The fourth-order valence-electron chi connectivity index (χ4n) is 3.38. The van der Waals surface area contributed by atoms with Crippen LogP contribution in [0.1, 0.15) is 32.2 Å². The van der Waals surface area contributed by atoms with E-state index in [2.05, 4.69) is 91.0 Å². The van der Waals surface area contributed by atoms with Gasteiger partial charge in [0.25, 0.3) is 0 Å². The third kappa shape index (κ3) is 4.18. The van der Waals surface area contributed by atoms with Crippen LogP contribution in [0.4, 0.5) is 0 Å². The van der Waals surface area contributed by atoms with E-state index in [1.165, 1.54) is 13.9 Å². The van der Waals surface area contributed by atoms with Crippen molar-refractivity contribution in [2.45, 2.75) is 71.4 Å². The van der Waals surface area contributed by atoms with E-state index in [9.17, 15) is 0 Å². The molecule has 22 heavy (non-hydrogen) atoms. The van der Waals surface area contributed by atoms with Crippen molar-refractivity contribution in [1.29, 1.82) is 0 Å². The molecule has 1 rings (SSSR count). The molecule has 0 amide bonds. The first-order valence-corrected chi connectivity index (χ1v) is 16.2. The maximum absolute atomic E-state index is 5.02. The number of aromatic nitrogens is 1. The molecule has 124 valence electrons. The van der Waals surface area contributed by atoms with Crippen LogP contribution in [0.2, 0.25) is 39.3 Å². The summed E-state index contributed by atoms with van der Waals surface area (Å²) in [5.41, 5.74) is 2.73. The maximum Gasteiger partial charge on any atom is 0.0645 e. The Labute approximate surface area is 141 Å². The summed E-state index contributed by atoms with van der Waals surface area (Å²) < 4.78 is 0.249. The molecule has 1 heterocycles. The molecule has 0 fully saturated rings. The summed E-state index contributed by atoms with van der Waals surface area (Å²) >= 11 is 0. The zero-order valence-electron chi connectivity index (χ0n) is 16.2. The lowest BCUT2D eigenvalue weighted by Crippen LogP contribution is -2.60. The Morgan fingerprint density at radius 1 is 0.955 bits per heavy atom. The van der Waals surface area contributed by atoms with Gasteiger partial charge < -0.3 is 0 Å². The Morgan fingerprint density at radius 3 is 1.82 bits per heavy atom. The molecule has 0 aliphatic rings. The summed E-state index contributed by atoms with van der Waals surface area (Å²) in [6, 6.07) is 6.60. The highest BCUT2D eigenvalue weighted by Gasteiger charge is 2.53. The van der Waals surface area contributed by atoms with Crippen molar-refractivity contribution >= 4 is 30.1 Å². The number of pyridine rings is 1. The average molecular weight is 352 g/mol. The molecule has 0 aromatic carbocycles. The van der Waals surface area contributed by atoms with Gasteiger partial charge in [0.15, 0.2) is 0 Å². The molecule has 1 aromatic heterocycles. The van der Waals surface area contributed by atoms with Gasteiger partial charge in [0.1, 0.15) is 0 Å². The van der Waals surface area contributed by atoms with Crippen LogP contribution in [0.15, 0.2) is 18.2 Å². The van der Waals surface area contributed by atoms with Gasteiger partial charge in [-0.2, -0.15) is 0 Å². The third-order valence-electron chi connectivity index (χ3n) is 4.08. The second kappa shape index (κ2) is 6.34. The lowest BCUT2D eigenvalue weighted by molar-refractivity contribution is 0.614. The first-order chi connectivity index (χ1) is 9.71. The zero-order valence-corrected chi connectivity index (χ0v) is 19.1. The fourth-order valence-corrected chi connectivity index (χ4v) is 18.5. The third-order valence-corrected chi connectivity index (χ3v) is 19.7. The number of nitrogens with zero attached hydrogens (tertiary/aromatic N) is 1. The highest BCUT2D eigenvalue weighted by atomic mass is 31.1. The Hall–Kier alpha value is -0.246. The standard InChI is InChI=1S/C18H34NPSi2/c1-15-12-11-13-16(19-15)18(21(5,6)7,22(8,9)10)20-14-17(2,3)4/h11-14H,1-10H3. The molecule has 0 atom stereocenters. The lowest BCUT2D eigenvalue weighted by atomic mass is 10.0. The van der Waals surface area contributed by atoms with E-state index in [0.29, 0.717) is 0 Å². The molecule has 0 radical (unpaired) electrons. The maximum atomic E-state index is 5.02. The van der Waals surface area contributed by atoms with Crippen LogP contribution < -0.4 is 0 Å². The number of hydrogen-bond donors (Lipinski definition) is 0. The summed E-state index contributed by atoms with van der Waals surface area (Å²) in [5, 5.41) is 0. The van der Waals surface area contributed by atoms with Crippen LogP contribution in [0.3, 0.4) is 0 Å². The van der Waals surface area contributed by atoms with Crippen LogP contribution in [0.5, 0.6) is 0 Å². The van der Waals surface area contributed by atoms with E-state index in [1.807, 2.05) is 0 Å². The van der Waals surface area contributed by atoms with Gasteiger partial charge in [-0.1, -0.05) is 71.9 Å². The highest BCUT2D eigenvalue weighted by Crippen LogP contribution is 2.50. The van der Waals surface area contributed by atoms with E-state index >= 15 is 0 Å². The normalized spacial score (nSPS) is 14.6. The predicted molar refractivity (Wildman–Crippen MR) is 110 cm³/mol. The van der Waals surface area contributed by atoms with Crippen molar-refractivity contribution in [3.63, 3.8) is 0 Å². The van der Waals surface area contributed by atoms with Crippen LogP contribution in [-0.2, 0) is 4.40 Å². The molecule has 0 aliphatic heterocycles. The van der Waals surface area contributed by atoms with Crippen molar-refractivity contribution in [3.05, 3.63) is 29.6 Å². The summed E-state index contributed by atoms with van der Waals surface area (Å²) in [4.78, 5) is 5.02. The molecule has 0 saturated carbocycles. The molecular weight excluding hydrogens is 317 g/mol. The molecule has 1 aromatic rings. The van der Waals surface area contributed by atoms with Crippen molar-refractivity contribution in [1.82, 2.24) is 4.98 Å².